The van der Waals surface area contributed by atoms with E-state index in [0.717, 1.165) is 44.3 Å². The van der Waals surface area contributed by atoms with Gasteiger partial charge in [-0.3, -0.25) is 0 Å². The molecule has 208 valence electrons. The molecular weight excluding hydrogens is 492 g/mol. The Morgan fingerprint density at radius 2 is 1.92 bits per heavy atom. The number of nitrogens with one attached hydrogen (secondary N) is 3. The van der Waals surface area contributed by atoms with E-state index in [2.05, 4.69) is 20.7 Å². The van der Waals surface area contributed by atoms with Crippen molar-refractivity contribution in [1.29, 1.82) is 0 Å². The van der Waals surface area contributed by atoms with Gasteiger partial charge in [0.2, 0.25) is 0 Å². The molecule has 1 heterocycles. The average molecular weight is 537 g/mol. The van der Waals surface area contributed by atoms with Gasteiger partial charge in [0.15, 0.2) is 0 Å². The minimum absolute atomic E-state index is 0.0140. The number of halogens is 1. The molecule has 3 rings (SSSR count). The molecule has 3 amide bonds. The molecule has 2 fully saturated rings. The standard InChI is InChI=1S/C28H45ClN4O4/c1-30-19-25(17-21-9-4-3-5-10-21)32-27(34)33-15-7-6-11-23(20-33)26(22-12-8-13-24(29)18-22)37-16-14-31-28(35)36-2/h8,12-13,18,21,23,25-26,30H,3-7,9-11,14-17,19-20H2,1-2H3,(H,31,35)(H,32,34)/t23-,25+,26?/m1/s1. The maximum Gasteiger partial charge on any atom is 0.406 e. The second-order valence-electron chi connectivity index (χ2n) is 10.4. The van der Waals surface area contributed by atoms with E-state index in [-0.39, 0.29) is 24.1 Å². The van der Waals surface area contributed by atoms with Crippen molar-refractivity contribution in [2.45, 2.75) is 69.9 Å². The second kappa shape index (κ2) is 16.0. The highest BCUT2D eigenvalue weighted by atomic mass is 35.5. The molecule has 1 aliphatic heterocycles. The number of rotatable bonds is 11. The van der Waals surface area contributed by atoms with Gasteiger partial charge in [-0.1, -0.05) is 62.3 Å². The summed E-state index contributed by atoms with van der Waals surface area (Å²) >= 11 is 6.32. The molecule has 1 unspecified atom stereocenters. The first-order chi connectivity index (χ1) is 18.0. The molecule has 9 heteroatoms. The monoisotopic (exact) mass is 536 g/mol. The van der Waals surface area contributed by atoms with Crippen LogP contribution < -0.4 is 16.0 Å². The molecule has 3 atom stereocenters. The Morgan fingerprint density at radius 3 is 2.65 bits per heavy atom. The third-order valence-electron chi connectivity index (χ3n) is 7.58. The van der Waals surface area contributed by atoms with Crippen molar-refractivity contribution in [3.8, 4) is 0 Å². The first-order valence-corrected chi connectivity index (χ1v) is 14.3. The van der Waals surface area contributed by atoms with E-state index in [1.165, 1.54) is 39.2 Å². The van der Waals surface area contributed by atoms with Gasteiger partial charge in [-0.25, -0.2) is 9.59 Å². The number of benzene rings is 1. The molecule has 1 aliphatic carbocycles. The number of nitrogens with zero attached hydrogens (tertiary/aromatic N) is 1. The molecule has 8 nitrogen and oxygen atoms in total. The van der Waals surface area contributed by atoms with Crippen LogP contribution >= 0.6 is 11.6 Å². The Hall–Kier alpha value is -2.03. The van der Waals surface area contributed by atoms with E-state index >= 15 is 0 Å². The van der Waals surface area contributed by atoms with Crippen molar-refractivity contribution in [2.75, 3.05) is 46.9 Å². The molecule has 0 spiro atoms. The number of carbonyl (C=O) groups excluding carboxylic acids is 2. The Morgan fingerprint density at radius 1 is 1.14 bits per heavy atom. The number of urea groups is 1. The second-order valence-corrected chi connectivity index (χ2v) is 10.8. The zero-order valence-electron chi connectivity index (χ0n) is 22.5. The first kappa shape index (κ1) is 29.5. The summed E-state index contributed by atoms with van der Waals surface area (Å²) in [4.78, 5) is 26.9. The van der Waals surface area contributed by atoms with Crippen LogP contribution in [0.5, 0.6) is 0 Å². The molecule has 37 heavy (non-hydrogen) atoms. The van der Waals surface area contributed by atoms with Crippen LogP contribution in [-0.4, -0.2) is 70.0 Å². The molecule has 1 saturated heterocycles. The van der Waals surface area contributed by atoms with Crippen LogP contribution in [0.3, 0.4) is 0 Å². The highest BCUT2D eigenvalue weighted by Crippen LogP contribution is 2.34. The molecule has 0 bridgehead atoms. The third-order valence-corrected chi connectivity index (χ3v) is 7.81. The van der Waals surface area contributed by atoms with E-state index in [9.17, 15) is 9.59 Å². The smallest absolute Gasteiger partial charge is 0.406 e. The predicted octanol–water partition coefficient (Wildman–Crippen LogP) is 5.12. The van der Waals surface area contributed by atoms with Gasteiger partial charge in [-0.05, 0) is 49.9 Å². The Bertz CT molecular complexity index is 836. The summed E-state index contributed by atoms with van der Waals surface area (Å²) in [7, 11) is 3.29. The number of amides is 3. The Labute approximate surface area is 227 Å². The van der Waals surface area contributed by atoms with E-state index in [1.54, 1.807) is 0 Å². The summed E-state index contributed by atoms with van der Waals surface area (Å²) in [5, 5.41) is 9.93. The summed E-state index contributed by atoms with van der Waals surface area (Å²) in [5.74, 6) is 0.814. The van der Waals surface area contributed by atoms with Crippen LogP contribution in [0, 0.1) is 11.8 Å². The molecule has 0 aromatic heterocycles. The van der Waals surface area contributed by atoms with Crippen molar-refractivity contribution in [3.05, 3.63) is 34.9 Å². The fraction of sp³-hybridized carbons (Fsp3) is 0.714. The Balaban J connectivity index is 1.66. The van der Waals surface area contributed by atoms with Crippen molar-refractivity contribution in [1.82, 2.24) is 20.9 Å². The molecule has 0 radical (unpaired) electrons. The number of hydrogen-bond donors (Lipinski definition) is 3. The van der Waals surface area contributed by atoms with Crippen LogP contribution in [0.1, 0.15) is 69.5 Å². The van der Waals surface area contributed by atoms with Gasteiger partial charge in [0.05, 0.1) is 19.8 Å². The number of carbonyl (C=O) groups is 2. The van der Waals surface area contributed by atoms with E-state index in [1.807, 2.05) is 36.2 Å². The summed E-state index contributed by atoms with van der Waals surface area (Å²) in [6.07, 6.45) is 9.74. The topological polar surface area (TPSA) is 91.9 Å². The van der Waals surface area contributed by atoms with Gasteiger partial charge in [0.25, 0.3) is 0 Å². The summed E-state index contributed by atoms with van der Waals surface area (Å²) < 4.78 is 11.0. The lowest BCUT2D eigenvalue weighted by atomic mass is 9.85. The van der Waals surface area contributed by atoms with E-state index in [4.69, 9.17) is 16.3 Å². The van der Waals surface area contributed by atoms with Crippen molar-refractivity contribution >= 4 is 23.7 Å². The fourth-order valence-corrected chi connectivity index (χ4v) is 5.94. The molecule has 2 aliphatic rings. The van der Waals surface area contributed by atoms with Crippen LogP contribution in [0.15, 0.2) is 24.3 Å². The van der Waals surface area contributed by atoms with Crippen LogP contribution in [0.2, 0.25) is 5.02 Å². The predicted molar refractivity (Wildman–Crippen MR) is 147 cm³/mol. The van der Waals surface area contributed by atoms with Crippen molar-refractivity contribution in [3.63, 3.8) is 0 Å². The van der Waals surface area contributed by atoms with Crippen LogP contribution in [0.4, 0.5) is 9.59 Å². The first-order valence-electron chi connectivity index (χ1n) is 13.9. The number of hydrogen-bond acceptors (Lipinski definition) is 5. The zero-order valence-corrected chi connectivity index (χ0v) is 23.2. The quantitative estimate of drug-likeness (QED) is 0.341. The zero-order chi connectivity index (χ0) is 26.5. The minimum atomic E-state index is -0.482. The SMILES string of the molecule is CNC[C@H](CC1CCCCC1)NC(=O)N1CCCC[C@@H](C(OCCNC(=O)OC)c2cccc(Cl)c2)C1. The molecule has 3 N–H and O–H groups in total. The highest BCUT2D eigenvalue weighted by Gasteiger charge is 2.31. The summed E-state index contributed by atoms with van der Waals surface area (Å²) in [6.45, 7) is 2.81. The molecule has 1 aromatic carbocycles. The van der Waals surface area contributed by atoms with Crippen molar-refractivity contribution < 1.29 is 19.1 Å². The summed E-state index contributed by atoms with van der Waals surface area (Å²) in [6, 6.07) is 7.87. The molecule has 1 saturated carbocycles. The van der Waals surface area contributed by atoms with Crippen LogP contribution in [-0.2, 0) is 9.47 Å². The van der Waals surface area contributed by atoms with Gasteiger partial charge in [0.1, 0.15) is 0 Å². The number of methoxy groups -OCH3 is 1. The van der Waals surface area contributed by atoms with Gasteiger partial charge in [0, 0.05) is 43.2 Å². The lowest BCUT2D eigenvalue weighted by Crippen LogP contribution is -2.50. The fourth-order valence-electron chi connectivity index (χ4n) is 5.74. The van der Waals surface area contributed by atoms with Gasteiger partial charge >= 0.3 is 12.1 Å². The number of likely N-dealkylation sites (tertiary alicyclic amines) is 1. The van der Waals surface area contributed by atoms with E-state index < -0.39 is 6.09 Å². The van der Waals surface area contributed by atoms with Crippen LogP contribution in [0.25, 0.3) is 0 Å². The minimum Gasteiger partial charge on any atom is -0.453 e. The molecular formula is C28H45ClN4O4. The lowest BCUT2D eigenvalue weighted by molar-refractivity contribution is 0.00413. The lowest BCUT2D eigenvalue weighted by Gasteiger charge is -2.33. The van der Waals surface area contributed by atoms with Gasteiger partial charge in [-0.15, -0.1) is 0 Å². The number of ether oxygens (including phenoxy) is 2. The van der Waals surface area contributed by atoms with Gasteiger partial charge in [-0.2, -0.15) is 0 Å². The summed E-state index contributed by atoms with van der Waals surface area (Å²) in [5.41, 5.74) is 0.989. The third kappa shape index (κ3) is 9.98. The maximum atomic E-state index is 13.5. The van der Waals surface area contributed by atoms with Gasteiger partial charge < -0.3 is 30.3 Å². The number of likely N-dealkylation sites (N-methyl/N-ethyl adjacent to an activating group) is 1. The molecule has 1 aromatic rings. The maximum absolute atomic E-state index is 13.5. The average Bonchev–Trinajstić information content (AvgIpc) is 3.15. The van der Waals surface area contributed by atoms with Crippen molar-refractivity contribution in [2.24, 2.45) is 11.8 Å². The Kier molecular flexibility index (Phi) is 12.8. The number of alkyl carbamates (subject to hydrolysis) is 1. The normalized spacial score (nSPS) is 20.5. The van der Waals surface area contributed by atoms with E-state index in [0.29, 0.717) is 30.6 Å². The highest BCUT2D eigenvalue weighted by molar-refractivity contribution is 6.30. The largest absolute Gasteiger partial charge is 0.453 e.